The Hall–Kier alpha value is -1.57. The lowest BCUT2D eigenvalue weighted by molar-refractivity contribution is 0.0789. The van der Waals surface area contributed by atoms with Gasteiger partial charge in [-0.3, -0.25) is 4.90 Å². The number of hydrogen-bond acceptors (Lipinski definition) is 4. The van der Waals surface area contributed by atoms with E-state index in [-0.39, 0.29) is 6.10 Å². The lowest BCUT2D eigenvalue weighted by atomic mass is 10.1. The molecule has 0 radical (unpaired) electrons. The van der Waals surface area contributed by atoms with Crippen LogP contribution in [0.2, 0.25) is 0 Å². The van der Waals surface area contributed by atoms with E-state index in [1.54, 1.807) is 13.2 Å². The molecule has 0 spiro atoms. The van der Waals surface area contributed by atoms with E-state index in [0.29, 0.717) is 5.56 Å². The third-order valence-electron chi connectivity index (χ3n) is 3.37. The number of methoxy groups -OCH3 is 1. The van der Waals surface area contributed by atoms with E-state index in [9.17, 15) is 5.11 Å². The van der Waals surface area contributed by atoms with Gasteiger partial charge in [0.25, 0.3) is 0 Å². The maximum atomic E-state index is 9.47. The predicted molar refractivity (Wildman–Crippen MR) is 68.2 cm³/mol. The van der Waals surface area contributed by atoms with E-state index in [4.69, 9.17) is 10.00 Å². The molecule has 4 heteroatoms. The number of benzene rings is 1. The van der Waals surface area contributed by atoms with Crippen molar-refractivity contribution in [3.8, 4) is 11.8 Å². The third-order valence-corrected chi connectivity index (χ3v) is 3.37. The van der Waals surface area contributed by atoms with Crippen LogP contribution in [0.15, 0.2) is 18.2 Å². The van der Waals surface area contributed by atoms with Crippen molar-refractivity contribution < 1.29 is 9.84 Å². The van der Waals surface area contributed by atoms with Crippen LogP contribution in [0, 0.1) is 11.3 Å². The Kier molecular flexibility index (Phi) is 4.19. The summed E-state index contributed by atoms with van der Waals surface area (Å²) in [7, 11) is 1.62. The van der Waals surface area contributed by atoms with Gasteiger partial charge in [-0.1, -0.05) is 6.07 Å². The SMILES string of the molecule is COc1cc(C#N)ccc1CN1CCC(O)CC1. The Balaban J connectivity index is 2.07. The van der Waals surface area contributed by atoms with Crippen molar-refractivity contribution in [2.75, 3.05) is 20.2 Å². The maximum Gasteiger partial charge on any atom is 0.124 e. The lowest BCUT2D eigenvalue weighted by Crippen LogP contribution is -2.35. The van der Waals surface area contributed by atoms with Gasteiger partial charge in [-0.25, -0.2) is 0 Å². The van der Waals surface area contributed by atoms with Crippen molar-refractivity contribution in [2.24, 2.45) is 0 Å². The van der Waals surface area contributed by atoms with Gasteiger partial charge in [-0.15, -0.1) is 0 Å². The van der Waals surface area contributed by atoms with Crippen LogP contribution in [0.5, 0.6) is 5.75 Å². The second-order valence-electron chi connectivity index (χ2n) is 4.65. The first kappa shape index (κ1) is 12.9. The molecule has 1 aliphatic rings. The van der Waals surface area contributed by atoms with Gasteiger partial charge in [0, 0.05) is 25.2 Å². The second kappa shape index (κ2) is 5.85. The van der Waals surface area contributed by atoms with Crippen molar-refractivity contribution in [1.29, 1.82) is 5.26 Å². The summed E-state index contributed by atoms with van der Waals surface area (Å²) in [5.74, 6) is 0.764. The highest BCUT2D eigenvalue weighted by Crippen LogP contribution is 2.23. The molecule has 18 heavy (non-hydrogen) atoms. The highest BCUT2D eigenvalue weighted by Gasteiger charge is 2.18. The molecule has 0 atom stereocenters. The maximum absolute atomic E-state index is 9.47. The predicted octanol–water partition coefficient (Wildman–Crippen LogP) is 1.52. The Morgan fingerprint density at radius 1 is 1.44 bits per heavy atom. The van der Waals surface area contributed by atoms with Gasteiger partial charge in [0.2, 0.25) is 0 Å². The van der Waals surface area contributed by atoms with Crippen molar-refractivity contribution in [2.45, 2.75) is 25.5 Å². The average Bonchev–Trinajstić information content (AvgIpc) is 2.41. The minimum Gasteiger partial charge on any atom is -0.496 e. The molecule has 96 valence electrons. The molecule has 0 aliphatic carbocycles. The first-order valence-electron chi connectivity index (χ1n) is 6.20. The van der Waals surface area contributed by atoms with Gasteiger partial charge in [-0.2, -0.15) is 5.26 Å². The Morgan fingerprint density at radius 3 is 2.78 bits per heavy atom. The number of ether oxygens (including phenoxy) is 1. The van der Waals surface area contributed by atoms with Gasteiger partial charge in [-0.05, 0) is 25.0 Å². The van der Waals surface area contributed by atoms with Gasteiger partial charge >= 0.3 is 0 Å². The van der Waals surface area contributed by atoms with Crippen LogP contribution in [0.25, 0.3) is 0 Å². The van der Waals surface area contributed by atoms with Crippen molar-refractivity contribution in [1.82, 2.24) is 4.90 Å². The summed E-state index contributed by atoms with van der Waals surface area (Å²) in [6.45, 7) is 2.62. The number of aliphatic hydroxyl groups excluding tert-OH is 1. The first-order valence-corrected chi connectivity index (χ1v) is 6.20. The summed E-state index contributed by atoms with van der Waals surface area (Å²) in [4.78, 5) is 2.30. The van der Waals surface area contributed by atoms with Crippen molar-refractivity contribution in [3.05, 3.63) is 29.3 Å². The minimum atomic E-state index is -0.149. The van der Waals surface area contributed by atoms with Crippen molar-refractivity contribution >= 4 is 0 Å². The lowest BCUT2D eigenvalue weighted by Gasteiger charge is -2.29. The molecule has 1 saturated heterocycles. The number of hydrogen-bond donors (Lipinski definition) is 1. The van der Waals surface area contributed by atoms with E-state index in [0.717, 1.165) is 43.8 Å². The van der Waals surface area contributed by atoms with Crippen LogP contribution in [0.3, 0.4) is 0 Å². The molecule has 1 aromatic rings. The molecule has 4 nitrogen and oxygen atoms in total. The summed E-state index contributed by atoms with van der Waals surface area (Å²) in [5, 5.41) is 18.3. The van der Waals surface area contributed by atoms with Crippen LogP contribution >= 0.6 is 0 Å². The molecular weight excluding hydrogens is 228 g/mol. The number of aliphatic hydroxyl groups is 1. The van der Waals surface area contributed by atoms with E-state index in [1.807, 2.05) is 12.1 Å². The molecule has 0 bridgehead atoms. The van der Waals surface area contributed by atoms with E-state index < -0.39 is 0 Å². The highest BCUT2D eigenvalue weighted by molar-refractivity contribution is 5.42. The summed E-state index contributed by atoms with van der Waals surface area (Å²) in [6.07, 6.45) is 1.51. The molecule has 1 heterocycles. The van der Waals surface area contributed by atoms with Gasteiger partial charge in [0.1, 0.15) is 5.75 Å². The fourth-order valence-electron chi connectivity index (χ4n) is 2.26. The normalized spacial score (nSPS) is 17.4. The first-order chi connectivity index (χ1) is 8.72. The number of piperidine rings is 1. The van der Waals surface area contributed by atoms with E-state index in [2.05, 4.69) is 11.0 Å². The summed E-state index contributed by atoms with van der Waals surface area (Å²) in [5.41, 5.74) is 1.71. The molecule has 1 aliphatic heterocycles. The molecular formula is C14H18N2O2. The molecule has 0 aromatic heterocycles. The Labute approximate surface area is 107 Å². The molecule has 1 fully saturated rings. The van der Waals surface area contributed by atoms with Crippen LogP contribution < -0.4 is 4.74 Å². The summed E-state index contributed by atoms with van der Waals surface area (Å²) < 4.78 is 5.32. The van der Waals surface area contributed by atoms with Gasteiger partial charge < -0.3 is 9.84 Å². The summed E-state index contributed by atoms with van der Waals surface area (Å²) in [6, 6.07) is 7.65. The average molecular weight is 246 g/mol. The monoisotopic (exact) mass is 246 g/mol. The molecule has 0 saturated carbocycles. The topological polar surface area (TPSA) is 56.5 Å². The van der Waals surface area contributed by atoms with Gasteiger partial charge in [0.15, 0.2) is 0 Å². The fourth-order valence-corrected chi connectivity index (χ4v) is 2.26. The van der Waals surface area contributed by atoms with Crippen LogP contribution in [0.1, 0.15) is 24.0 Å². The highest BCUT2D eigenvalue weighted by atomic mass is 16.5. The standard InChI is InChI=1S/C14H18N2O2/c1-18-14-8-11(9-15)2-3-12(14)10-16-6-4-13(17)5-7-16/h2-3,8,13,17H,4-7,10H2,1H3. The number of likely N-dealkylation sites (tertiary alicyclic amines) is 1. The van der Waals surface area contributed by atoms with E-state index in [1.165, 1.54) is 0 Å². The number of nitrogens with zero attached hydrogens (tertiary/aromatic N) is 2. The Bertz CT molecular complexity index is 446. The number of nitriles is 1. The second-order valence-corrected chi connectivity index (χ2v) is 4.65. The molecule has 1 aromatic carbocycles. The molecule has 1 N–H and O–H groups in total. The zero-order valence-electron chi connectivity index (χ0n) is 10.6. The van der Waals surface area contributed by atoms with Gasteiger partial charge in [0.05, 0.1) is 24.8 Å². The molecule has 0 amide bonds. The fraction of sp³-hybridized carbons (Fsp3) is 0.500. The molecule has 0 unspecified atom stereocenters. The van der Waals surface area contributed by atoms with Crippen molar-refractivity contribution in [3.63, 3.8) is 0 Å². The molecule has 2 rings (SSSR count). The van der Waals surface area contributed by atoms with Crippen LogP contribution in [0.4, 0.5) is 0 Å². The zero-order chi connectivity index (χ0) is 13.0. The van der Waals surface area contributed by atoms with Crippen LogP contribution in [-0.4, -0.2) is 36.3 Å². The quantitative estimate of drug-likeness (QED) is 0.878. The third kappa shape index (κ3) is 3.00. The Morgan fingerprint density at radius 2 is 2.17 bits per heavy atom. The summed E-state index contributed by atoms with van der Waals surface area (Å²) >= 11 is 0. The largest absolute Gasteiger partial charge is 0.496 e. The minimum absolute atomic E-state index is 0.149. The number of rotatable bonds is 3. The zero-order valence-corrected chi connectivity index (χ0v) is 10.6. The smallest absolute Gasteiger partial charge is 0.124 e. The van der Waals surface area contributed by atoms with Crippen LogP contribution in [-0.2, 0) is 6.54 Å². The van der Waals surface area contributed by atoms with E-state index >= 15 is 0 Å².